The summed E-state index contributed by atoms with van der Waals surface area (Å²) in [6, 6.07) is 20.6. The molecule has 0 atom stereocenters. The third-order valence-electron chi connectivity index (χ3n) is 4.70. The van der Waals surface area contributed by atoms with E-state index in [4.69, 9.17) is 0 Å². The standard InChI is InChI=1S/C23H22N2O2S2/c1-3-4-17-6-12-20(13-7-17)29(26,27)25-19-10-8-18(9-11-19)23-24-21-14-5-16(2)15-22(21)28-23/h5-15,25H,3-4H2,1-2H3. The van der Waals surface area contributed by atoms with E-state index >= 15 is 0 Å². The molecule has 0 fully saturated rings. The number of fused-ring (bicyclic) bond motifs is 1. The molecule has 0 saturated carbocycles. The van der Waals surface area contributed by atoms with Crippen molar-refractivity contribution in [2.75, 3.05) is 4.72 Å². The second-order valence-electron chi connectivity index (χ2n) is 7.07. The minimum Gasteiger partial charge on any atom is -0.280 e. The molecule has 148 valence electrons. The van der Waals surface area contributed by atoms with Crippen molar-refractivity contribution in [3.63, 3.8) is 0 Å². The lowest BCUT2D eigenvalue weighted by atomic mass is 10.1. The Bertz CT molecular complexity index is 1240. The average molecular weight is 423 g/mol. The Morgan fingerprint density at radius 1 is 0.966 bits per heavy atom. The maximum atomic E-state index is 12.7. The quantitative estimate of drug-likeness (QED) is 0.413. The number of sulfonamides is 1. The Labute approximate surface area is 175 Å². The summed E-state index contributed by atoms with van der Waals surface area (Å²) in [5.74, 6) is 0. The van der Waals surface area contributed by atoms with Gasteiger partial charge in [0.25, 0.3) is 10.0 Å². The molecule has 0 amide bonds. The molecule has 29 heavy (non-hydrogen) atoms. The summed E-state index contributed by atoms with van der Waals surface area (Å²) >= 11 is 1.64. The van der Waals surface area contributed by atoms with Crippen LogP contribution in [0.25, 0.3) is 20.8 Å². The zero-order chi connectivity index (χ0) is 20.4. The number of rotatable bonds is 6. The highest BCUT2D eigenvalue weighted by Gasteiger charge is 2.14. The van der Waals surface area contributed by atoms with E-state index in [1.165, 1.54) is 5.56 Å². The van der Waals surface area contributed by atoms with Crippen molar-refractivity contribution in [1.29, 1.82) is 0 Å². The highest BCUT2D eigenvalue weighted by molar-refractivity contribution is 7.92. The van der Waals surface area contributed by atoms with Crippen LogP contribution >= 0.6 is 11.3 Å². The second kappa shape index (κ2) is 7.97. The van der Waals surface area contributed by atoms with E-state index in [1.54, 1.807) is 35.6 Å². The molecule has 0 unspecified atom stereocenters. The Kier molecular flexibility index (Phi) is 5.39. The van der Waals surface area contributed by atoms with Crippen LogP contribution < -0.4 is 4.72 Å². The smallest absolute Gasteiger partial charge is 0.261 e. The number of anilines is 1. The van der Waals surface area contributed by atoms with Crippen LogP contribution in [0, 0.1) is 6.92 Å². The average Bonchev–Trinajstić information content (AvgIpc) is 3.12. The molecule has 0 spiro atoms. The highest BCUT2D eigenvalue weighted by atomic mass is 32.2. The Balaban J connectivity index is 1.53. The lowest BCUT2D eigenvalue weighted by Crippen LogP contribution is -2.12. The summed E-state index contributed by atoms with van der Waals surface area (Å²) in [7, 11) is -3.61. The molecule has 1 N–H and O–H groups in total. The predicted molar refractivity (Wildman–Crippen MR) is 121 cm³/mol. The largest absolute Gasteiger partial charge is 0.280 e. The van der Waals surface area contributed by atoms with E-state index in [-0.39, 0.29) is 4.90 Å². The molecular weight excluding hydrogens is 400 g/mol. The molecule has 3 aromatic carbocycles. The Morgan fingerprint density at radius 3 is 2.38 bits per heavy atom. The number of aryl methyl sites for hydroxylation is 2. The SMILES string of the molecule is CCCc1ccc(S(=O)(=O)Nc2ccc(-c3nc4ccc(C)cc4s3)cc2)cc1. The molecule has 1 heterocycles. The summed E-state index contributed by atoms with van der Waals surface area (Å²) in [5, 5.41) is 0.923. The van der Waals surface area contributed by atoms with Gasteiger partial charge in [0.05, 0.1) is 15.1 Å². The molecule has 4 aromatic rings. The van der Waals surface area contributed by atoms with Crippen molar-refractivity contribution >= 4 is 37.3 Å². The van der Waals surface area contributed by atoms with Crippen LogP contribution in [0.2, 0.25) is 0 Å². The summed E-state index contributed by atoms with van der Waals surface area (Å²) in [6.45, 7) is 4.17. The van der Waals surface area contributed by atoms with Crippen molar-refractivity contribution in [3.8, 4) is 10.6 Å². The second-order valence-corrected chi connectivity index (χ2v) is 9.78. The lowest BCUT2D eigenvalue weighted by molar-refractivity contribution is 0.601. The van der Waals surface area contributed by atoms with Crippen LogP contribution in [-0.4, -0.2) is 13.4 Å². The summed E-state index contributed by atoms with van der Waals surface area (Å²) in [5.41, 5.74) is 4.83. The number of benzene rings is 3. The molecule has 4 nitrogen and oxygen atoms in total. The van der Waals surface area contributed by atoms with E-state index < -0.39 is 10.0 Å². The summed E-state index contributed by atoms with van der Waals surface area (Å²) in [4.78, 5) is 4.95. The fraction of sp³-hybridized carbons (Fsp3) is 0.174. The summed E-state index contributed by atoms with van der Waals surface area (Å²) in [6.07, 6.45) is 1.98. The van der Waals surface area contributed by atoms with Gasteiger partial charge in [0.2, 0.25) is 0 Å². The van der Waals surface area contributed by atoms with Crippen LogP contribution in [0.5, 0.6) is 0 Å². The first-order valence-electron chi connectivity index (χ1n) is 9.54. The van der Waals surface area contributed by atoms with Crippen molar-refractivity contribution in [2.45, 2.75) is 31.6 Å². The van der Waals surface area contributed by atoms with Crippen LogP contribution in [0.1, 0.15) is 24.5 Å². The van der Waals surface area contributed by atoms with Gasteiger partial charge in [-0.1, -0.05) is 31.5 Å². The Hall–Kier alpha value is -2.70. The van der Waals surface area contributed by atoms with Gasteiger partial charge in [-0.15, -0.1) is 11.3 Å². The third kappa shape index (κ3) is 4.33. The lowest BCUT2D eigenvalue weighted by Gasteiger charge is -2.09. The number of aromatic nitrogens is 1. The van der Waals surface area contributed by atoms with Crippen LogP contribution in [0.3, 0.4) is 0 Å². The third-order valence-corrected chi connectivity index (χ3v) is 7.16. The number of nitrogens with one attached hydrogen (secondary N) is 1. The first-order valence-corrected chi connectivity index (χ1v) is 11.8. The fourth-order valence-electron chi connectivity index (χ4n) is 3.17. The summed E-state index contributed by atoms with van der Waals surface area (Å²) < 4.78 is 29.1. The zero-order valence-corrected chi connectivity index (χ0v) is 18.0. The minimum absolute atomic E-state index is 0.267. The van der Waals surface area contributed by atoms with E-state index in [2.05, 4.69) is 35.7 Å². The topological polar surface area (TPSA) is 59.1 Å². The van der Waals surface area contributed by atoms with Crippen molar-refractivity contribution < 1.29 is 8.42 Å². The molecular formula is C23H22N2O2S2. The van der Waals surface area contributed by atoms with Gasteiger partial charge in [-0.25, -0.2) is 13.4 Å². The van der Waals surface area contributed by atoms with E-state index in [0.717, 1.165) is 39.2 Å². The molecule has 0 aliphatic rings. The van der Waals surface area contributed by atoms with Gasteiger partial charge in [-0.05, 0) is 73.0 Å². The molecule has 6 heteroatoms. The van der Waals surface area contributed by atoms with Crippen LogP contribution in [0.4, 0.5) is 5.69 Å². The van der Waals surface area contributed by atoms with E-state index in [0.29, 0.717) is 5.69 Å². The molecule has 0 aliphatic heterocycles. The van der Waals surface area contributed by atoms with Gasteiger partial charge < -0.3 is 0 Å². The van der Waals surface area contributed by atoms with Gasteiger partial charge in [-0.2, -0.15) is 0 Å². The van der Waals surface area contributed by atoms with E-state index in [9.17, 15) is 8.42 Å². The molecule has 0 aliphatic carbocycles. The van der Waals surface area contributed by atoms with Crippen LogP contribution in [-0.2, 0) is 16.4 Å². The van der Waals surface area contributed by atoms with Gasteiger partial charge in [0.15, 0.2) is 0 Å². The fourth-order valence-corrected chi connectivity index (χ4v) is 5.30. The highest BCUT2D eigenvalue weighted by Crippen LogP contribution is 2.31. The predicted octanol–water partition coefficient (Wildman–Crippen LogP) is 6.03. The first kappa shape index (κ1) is 19.6. The van der Waals surface area contributed by atoms with Crippen molar-refractivity contribution in [2.24, 2.45) is 0 Å². The maximum Gasteiger partial charge on any atom is 0.261 e. The van der Waals surface area contributed by atoms with Gasteiger partial charge in [0.1, 0.15) is 5.01 Å². The normalized spacial score (nSPS) is 11.7. The number of hydrogen-bond donors (Lipinski definition) is 1. The van der Waals surface area contributed by atoms with E-state index in [1.807, 2.05) is 30.3 Å². The molecule has 0 bridgehead atoms. The molecule has 0 radical (unpaired) electrons. The number of nitrogens with zero attached hydrogens (tertiary/aromatic N) is 1. The first-order chi connectivity index (χ1) is 13.9. The number of hydrogen-bond acceptors (Lipinski definition) is 4. The van der Waals surface area contributed by atoms with Crippen molar-refractivity contribution in [1.82, 2.24) is 4.98 Å². The van der Waals surface area contributed by atoms with Crippen molar-refractivity contribution in [3.05, 3.63) is 77.9 Å². The maximum absolute atomic E-state index is 12.7. The monoisotopic (exact) mass is 422 g/mol. The number of thiazole rings is 1. The minimum atomic E-state index is -3.61. The molecule has 4 rings (SSSR count). The van der Waals surface area contributed by atoms with Crippen LogP contribution in [0.15, 0.2) is 71.6 Å². The molecule has 0 saturated heterocycles. The van der Waals surface area contributed by atoms with Gasteiger partial charge >= 0.3 is 0 Å². The van der Waals surface area contributed by atoms with Gasteiger partial charge in [-0.3, -0.25) is 4.72 Å². The Morgan fingerprint density at radius 2 is 1.69 bits per heavy atom. The molecule has 1 aromatic heterocycles. The zero-order valence-electron chi connectivity index (χ0n) is 16.3. The van der Waals surface area contributed by atoms with Gasteiger partial charge in [0, 0.05) is 11.3 Å².